The van der Waals surface area contributed by atoms with Crippen LogP contribution in [0.2, 0.25) is 0 Å². The Morgan fingerprint density at radius 1 is 0.697 bits per heavy atom. The summed E-state index contributed by atoms with van der Waals surface area (Å²) in [6.07, 6.45) is 0. The van der Waals surface area contributed by atoms with Crippen LogP contribution in [0.1, 0.15) is 36.1 Å². The van der Waals surface area contributed by atoms with E-state index in [4.69, 9.17) is 13.7 Å². The van der Waals surface area contributed by atoms with E-state index in [1.54, 1.807) is 0 Å². The molecule has 33 heavy (non-hydrogen) atoms. The van der Waals surface area contributed by atoms with Crippen LogP contribution in [-0.2, 0) is 14.7 Å². The molecule has 1 aliphatic carbocycles. The molecule has 1 aliphatic heterocycles. The molecule has 3 nitrogen and oxygen atoms in total. The first kappa shape index (κ1) is 19.2. The molecule has 4 aromatic carbocycles. The van der Waals surface area contributed by atoms with Gasteiger partial charge in [0, 0.05) is 10.8 Å². The minimum Gasteiger partial charge on any atom is -0.456 e. The van der Waals surface area contributed by atoms with Crippen LogP contribution in [0.5, 0.6) is 0 Å². The highest BCUT2D eigenvalue weighted by Crippen LogP contribution is 2.56. The fourth-order valence-corrected chi connectivity index (χ4v) is 5.90. The Kier molecular flexibility index (Phi) is 3.83. The minimum absolute atomic E-state index is 0.328. The largest absolute Gasteiger partial charge is 0.494 e. The minimum atomic E-state index is -0.488. The van der Waals surface area contributed by atoms with E-state index in [9.17, 15) is 0 Å². The Morgan fingerprint density at radius 3 is 2.00 bits per heavy atom. The Morgan fingerprint density at radius 2 is 1.36 bits per heavy atom. The standard InChI is InChI=1S/C29H23BO3/c1-28(2)18-31-30(33-28)22-16-17-24-26-25-21(14-9-15-23(25)32-24)29(27(22)26,19-10-5-3-6-11-19)20-12-7-4-8-13-20/h3-17H,18H2,1-2H3. The summed E-state index contributed by atoms with van der Waals surface area (Å²) in [6, 6.07) is 32.2. The number of furan rings is 1. The third-order valence-electron chi connectivity index (χ3n) is 7.15. The highest BCUT2D eigenvalue weighted by molar-refractivity contribution is 6.63. The molecule has 160 valence electrons. The van der Waals surface area contributed by atoms with Crippen LogP contribution in [-0.4, -0.2) is 19.3 Å². The van der Waals surface area contributed by atoms with Gasteiger partial charge in [-0.3, -0.25) is 0 Å². The van der Waals surface area contributed by atoms with Gasteiger partial charge in [0.25, 0.3) is 0 Å². The Balaban J connectivity index is 1.66. The lowest BCUT2D eigenvalue weighted by atomic mass is 9.61. The molecule has 1 fully saturated rings. The summed E-state index contributed by atoms with van der Waals surface area (Å²) in [5, 5.41) is 2.36. The zero-order valence-corrected chi connectivity index (χ0v) is 18.7. The van der Waals surface area contributed by atoms with E-state index in [0.29, 0.717) is 6.61 Å². The molecule has 0 amide bonds. The zero-order chi connectivity index (χ0) is 22.2. The second kappa shape index (κ2) is 6.60. The SMILES string of the molecule is CC1(C)COB(c2ccc3oc4cccc5c4c3c2C5(c2ccccc2)c2ccccc2)O1. The quantitative estimate of drug-likeness (QED) is 0.333. The van der Waals surface area contributed by atoms with Crippen LogP contribution in [0, 0.1) is 0 Å². The van der Waals surface area contributed by atoms with Gasteiger partial charge in [-0.1, -0.05) is 78.9 Å². The molecule has 0 saturated carbocycles. The molecule has 7 rings (SSSR count). The molecule has 0 radical (unpaired) electrons. The van der Waals surface area contributed by atoms with Crippen LogP contribution in [0.15, 0.2) is 95.4 Å². The van der Waals surface area contributed by atoms with Gasteiger partial charge in [-0.2, -0.15) is 0 Å². The van der Waals surface area contributed by atoms with Gasteiger partial charge in [-0.15, -0.1) is 0 Å². The summed E-state index contributed by atoms with van der Waals surface area (Å²) < 4.78 is 19.0. The molecule has 4 heteroatoms. The molecular formula is C29H23BO3. The molecule has 2 aliphatic rings. The van der Waals surface area contributed by atoms with Crippen molar-refractivity contribution >= 4 is 34.5 Å². The van der Waals surface area contributed by atoms with Crippen molar-refractivity contribution < 1.29 is 13.7 Å². The topological polar surface area (TPSA) is 31.6 Å². The van der Waals surface area contributed by atoms with Crippen molar-refractivity contribution in [2.45, 2.75) is 24.9 Å². The summed E-state index contributed by atoms with van der Waals surface area (Å²) in [5.41, 5.74) is 6.99. The van der Waals surface area contributed by atoms with Crippen molar-refractivity contribution in [1.29, 1.82) is 0 Å². The molecule has 0 spiro atoms. The van der Waals surface area contributed by atoms with Crippen LogP contribution in [0.4, 0.5) is 0 Å². The van der Waals surface area contributed by atoms with Crippen molar-refractivity contribution in [3.05, 3.63) is 113 Å². The highest BCUT2D eigenvalue weighted by atomic mass is 16.7. The predicted octanol–water partition coefficient (Wildman–Crippen LogP) is 5.80. The van der Waals surface area contributed by atoms with E-state index >= 15 is 0 Å². The summed E-state index contributed by atoms with van der Waals surface area (Å²) in [6.45, 7) is 4.72. The van der Waals surface area contributed by atoms with Gasteiger partial charge in [0.2, 0.25) is 0 Å². The summed E-state index contributed by atoms with van der Waals surface area (Å²) in [5.74, 6) is 0. The van der Waals surface area contributed by atoms with Crippen LogP contribution in [0.3, 0.4) is 0 Å². The van der Waals surface area contributed by atoms with Gasteiger partial charge in [0.15, 0.2) is 0 Å². The molecule has 1 saturated heterocycles. The number of hydrogen-bond acceptors (Lipinski definition) is 3. The normalized spacial score (nSPS) is 18.1. The van der Waals surface area contributed by atoms with Gasteiger partial charge >= 0.3 is 7.12 Å². The van der Waals surface area contributed by atoms with E-state index in [1.807, 2.05) is 0 Å². The summed E-state index contributed by atoms with van der Waals surface area (Å²) in [7, 11) is -0.425. The maximum Gasteiger partial charge on any atom is 0.494 e. The van der Waals surface area contributed by atoms with Crippen molar-refractivity contribution in [2.24, 2.45) is 0 Å². The van der Waals surface area contributed by atoms with Crippen LogP contribution >= 0.6 is 0 Å². The second-order valence-electron chi connectivity index (χ2n) is 9.69. The van der Waals surface area contributed by atoms with Crippen molar-refractivity contribution in [1.82, 2.24) is 0 Å². The number of rotatable bonds is 3. The van der Waals surface area contributed by atoms with Crippen molar-refractivity contribution in [3.8, 4) is 0 Å². The zero-order valence-electron chi connectivity index (χ0n) is 18.7. The molecule has 0 bridgehead atoms. The second-order valence-corrected chi connectivity index (χ2v) is 9.69. The lowest BCUT2D eigenvalue weighted by Crippen LogP contribution is -2.42. The smallest absolute Gasteiger partial charge is 0.456 e. The van der Waals surface area contributed by atoms with Crippen LogP contribution < -0.4 is 5.46 Å². The molecular weight excluding hydrogens is 407 g/mol. The van der Waals surface area contributed by atoms with E-state index < -0.39 is 12.5 Å². The first-order valence-electron chi connectivity index (χ1n) is 11.5. The summed E-state index contributed by atoms with van der Waals surface area (Å²) >= 11 is 0. The van der Waals surface area contributed by atoms with E-state index in [2.05, 4.69) is 105 Å². The maximum absolute atomic E-state index is 6.42. The van der Waals surface area contributed by atoms with Gasteiger partial charge in [-0.05, 0) is 53.7 Å². The Bertz CT molecular complexity index is 1480. The number of hydrogen-bond donors (Lipinski definition) is 0. The first-order chi connectivity index (χ1) is 16.1. The lowest BCUT2D eigenvalue weighted by Gasteiger charge is -2.36. The van der Waals surface area contributed by atoms with Crippen molar-refractivity contribution in [2.75, 3.05) is 6.61 Å². The average Bonchev–Trinajstić information content (AvgIpc) is 3.50. The lowest BCUT2D eigenvalue weighted by molar-refractivity contribution is 0.137. The van der Waals surface area contributed by atoms with E-state index in [1.165, 1.54) is 33.0 Å². The maximum atomic E-state index is 6.42. The molecule has 0 atom stereocenters. The third-order valence-corrected chi connectivity index (χ3v) is 7.15. The first-order valence-corrected chi connectivity index (χ1v) is 11.5. The highest BCUT2D eigenvalue weighted by Gasteiger charge is 2.51. The Hall–Kier alpha value is -3.34. The van der Waals surface area contributed by atoms with Crippen LogP contribution in [0.25, 0.3) is 21.9 Å². The molecule has 0 unspecified atom stereocenters. The van der Waals surface area contributed by atoms with Gasteiger partial charge in [-0.25, -0.2) is 0 Å². The molecule has 0 N–H and O–H groups in total. The van der Waals surface area contributed by atoms with Crippen molar-refractivity contribution in [3.63, 3.8) is 0 Å². The van der Waals surface area contributed by atoms with Gasteiger partial charge in [0.1, 0.15) is 11.2 Å². The monoisotopic (exact) mass is 430 g/mol. The fraction of sp³-hybridized carbons (Fsp3) is 0.172. The van der Waals surface area contributed by atoms with E-state index in [-0.39, 0.29) is 5.60 Å². The fourth-order valence-electron chi connectivity index (χ4n) is 5.90. The summed E-state index contributed by atoms with van der Waals surface area (Å²) in [4.78, 5) is 0. The molecule has 5 aromatic rings. The number of benzene rings is 4. The Labute approximate surface area is 193 Å². The predicted molar refractivity (Wildman–Crippen MR) is 132 cm³/mol. The molecule has 2 heterocycles. The van der Waals surface area contributed by atoms with Gasteiger partial charge in [0.05, 0.1) is 17.6 Å². The molecule has 1 aromatic heterocycles. The average molecular weight is 430 g/mol. The third kappa shape index (κ3) is 2.48. The van der Waals surface area contributed by atoms with Gasteiger partial charge < -0.3 is 13.7 Å². The van der Waals surface area contributed by atoms with E-state index in [0.717, 1.165) is 16.6 Å².